The zero-order chi connectivity index (χ0) is 12.7. The smallest absolute Gasteiger partial charge is 0.226 e. The summed E-state index contributed by atoms with van der Waals surface area (Å²) < 4.78 is 12.8. The summed E-state index contributed by atoms with van der Waals surface area (Å²) in [5.74, 6) is -0.301. The van der Waals surface area contributed by atoms with E-state index in [-0.39, 0.29) is 18.3 Å². The van der Waals surface area contributed by atoms with Gasteiger partial charge in [-0.3, -0.25) is 4.79 Å². The van der Waals surface area contributed by atoms with Crippen molar-refractivity contribution in [3.63, 3.8) is 0 Å². The minimum atomic E-state index is -0.308. The normalized spacial score (nSPS) is 10.3. The lowest BCUT2D eigenvalue weighted by atomic mass is 10.2. The van der Waals surface area contributed by atoms with E-state index in [0.29, 0.717) is 31.5 Å². The molecule has 0 unspecified atom stereocenters. The van der Waals surface area contributed by atoms with Gasteiger partial charge in [0.25, 0.3) is 0 Å². The number of carbonyl (C=O) groups excluding carboxylic acids is 1. The third-order valence-electron chi connectivity index (χ3n) is 2.55. The zero-order valence-electron chi connectivity index (χ0n) is 10.0. The fourth-order valence-electron chi connectivity index (χ4n) is 1.65. The predicted molar refractivity (Wildman–Crippen MR) is 65.4 cm³/mol. The van der Waals surface area contributed by atoms with Crippen LogP contribution in [0.2, 0.25) is 0 Å². The second kappa shape index (κ2) is 7.01. The topological polar surface area (TPSA) is 40.5 Å². The van der Waals surface area contributed by atoms with Gasteiger partial charge in [-0.2, -0.15) is 0 Å². The first-order valence-corrected chi connectivity index (χ1v) is 5.85. The van der Waals surface area contributed by atoms with Crippen LogP contribution in [0.15, 0.2) is 24.3 Å². The summed E-state index contributed by atoms with van der Waals surface area (Å²) in [6.07, 6.45) is 1.71. The number of hydrogen-bond donors (Lipinski definition) is 1. The van der Waals surface area contributed by atoms with Gasteiger partial charge >= 0.3 is 0 Å². The zero-order valence-corrected chi connectivity index (χ0v) is 10.0. The lowest BCUT2D eigenvalue weighted by Gasteiger charge is -2.21. The van der Waals surface area contributed by atoms with Gasteiger partial charge in [-0.25, -0.2) is 4.39 Å². The van der Waals surface area contributed by atoms with Gasteiger partial charge in [0, 0.05) is 25.3 Å². The molecule has 94 valence electrons. The van der Waals surface area contributed by atoms with Crippen LogP contribution in [0.1, 0.15) is 26.2 Å². The van der Waals surface area contributed by atoms with Crippen LogP contribution < -0.4 is 4.90 Å². The van der Waals surface area contributed by atoms with Crippen molar-refractivity contribution < 1.29 is 14.3 Å². The highest BCUT2D eigenvalue weighted by Crippen LogP contribution is 2.16. The van der Waals surface area contributed by atoms with E-state index in [1.165, 1.54) is 12.1 Å². The van der Waals surface area contributed by atoms with Gasteiger partial charge in [-0.05, 0) is 44.0 Å². The molecule has 0 bridgehead atoms. The number of anilines is 1. The van der Waals surface area contributed by atoms with Crippen molar-refractivity contribution in [1.29, 1.82) is 0 Å². The fraction of sp³-hybridized carbons (Fsp3) is 0.462. The molecule has 0 aliphatic heterocycles. The van der Waals surface area contributed by atoms with Crippen molar-refractivity contribution in [3.05, 3.63) is 30.1 Å². The maximum Gasteiger partial charge on any atom is 0.226 e. The molecule has 3 nitrogen and oxygen atoms in total. The number of carbonyl (C=O) groups is 1. The number of aliphatic hydroxyl groups excluding tert-OH is 1. The molecule has 0 aromatic heterocycles. The summed E-state index contributed by atoms with van der Waals surface area (Å²) in [6.45, 7) is 2.55. The molecule has 0 aliphatic carbocycles. The molecule has 17 heavy (non-hydrogen) atoms. The number of aliphatic hydroxyl groups is 1. The predicted octanol–water partition coefficient (Wildman–Crippen LogP) is 2.34. The molecule has 1 aromatic carbocycles. The average molecular weight is 239 g/mol. The Balaban J connectivity index is 2.64. The van der Waals surface area contributed by atoms with Crippen LogP contribution in [0.5, 0.6) is 0 Å². The highest BCUT2D eigenvalue weighted by atomic mass is 19.1. The Kier molecular flexibility index (Phi) is 5.63. The van der Waals surface area contributed by atoms with Gasteiger partial charge in [-0.1, -0.05) is 0 Å². The van der Waals surface area contributed by atoms with E-state index in [1.807, 2.05) is 6.92 Å². The van der Waals surface area contributed by atoms with Gasteiger partial charge in [0.05, 0.1) is 0 Å². The van der Waals surface area contributed by atoms with Crippen molar-refractivity contribution >= 4 is 11.6 Å². The maximum absolute atomic E-state index is 12.8. The lowest BCUT2D eigenvalue weighted by Crippen LogP contribution is -2.30. The standard InChI is InChI=1S/C13H18FNO2/c1-2-15(13(17)5-3-4-10-16)12-8-6-11(14)7-9-12/h6-9,16H,2-5,10H2,1H3. The number of benzene rings is 1. The third kappa shape index (κ3) is 4.15. The Hall–Kier alpha value is -1.42. The van der Waals surface area contributed by atoms with Crippen molar-refractivity contribution in [3.8, 4) is 0 Å². The molecule has 4 heteroatoms. The first-order chi connectivity index (χ1) is 8.19. The second-order valence-corrected chi connectivity index (χ2v) is 3.80. The molecular weight excluding hydrogens is 221 g/mol. The van der Waals surface area contributed by atoms with Crippen LogP contribution in [-0.4, -0.2) is 24.2 Å². The fourth-order valence-corrected chi connectivity index (χ4v) is 1.65. The van der Waals surface area contributed by atoms with Gasteiger partial charge in [-0.15, -0.1) is 0 Å². The largest absolute Gasteiger partial charge is 0.396 e. The van der Waals surface area contributed by atoms with Crippen molar-refractivity contribution in [1.82, 2.24) is 0 Å². The highest BCUT2D eigenvalue weighted by molar-refractivity contribution is 5.93. The Bertz CT molecular complexity index is 351. The van der Waals surface area contributed by atoms with Gasteiger partial charge in [0.15, 0.2) is 0 Å². The van der Waals surface area contributed by atoms with Crippen LogP contribution in [0.3, 0.4) is 0 Å². The number of unbranched alkanes of at least 4 members (excludes halogenated alkanes) is 1. The first kappa shape index (κ1) is 13.6. The van der Waals surface area contributed by atoms with E-state index in [2.05, 4.69) is 0 Å². The van der Waals surface area contributed by atoms with Gasteiger partial charge < -0.3 is 10.0 Å². The molecule has 0 saturated carbocycles. The molecule has 1 aromatic rings. The maximum atomic E-state index is 12.8. The molecule has 0 spiro atoms. The molecule has 0 radical (unpaired) electrons. The molecule has 1 rings (SSSR count). The van der Waals surface area contributed by atoms with Crippen molar-refractivity contribution in [2.24, 2.45) is 0 Å². The van der Waals surface area contributed by atoms with Crippen molar-refractivity contribution in [2.75, 3.05) is 18.1 Å². The van der Waals surface area contributed by atoms with Gasteiger partial charge in [0.1, 0.15) is 5.82 Å². The van der Waals surface area contributed by atoms with Crippen LogP contribution >= 0.6 is 0 Å². The number of nitrogens with zero attached hydrogens (tertiary/aromatic N) is 1. The summed E-state index contributed by atoms with van der Waals surface area (Å²) in [5, 5.41) is 8.66. The Labute approximate surface area is 101 Å². The lowest BCUT2D eigenvalue weighted by molar-refractivity contribution is -0.118. The minimum absolute atomic E-state index is 0.00700. The SMILES string of the molecule is CCN(C(=O)CCCCO)c1ccc(F)cc1. The number of halogens is 1. The number of rotatable bonds is 6. The van der Waals surface area contributed by atoms with E-state index >= 15 is 0 Å². The molecule has 1 amide bonds. The molecule has 0 aliphatic rings. The number of hydrogen-bond acceptors (Lipinski definition) is 2. The molecule has 1 N–H and O–H groups in total. The summed E-state index contributed by atoms with van der Waals surface area (Å²) in [6, 6.07) is 5.89. The Morgan fingerprint density at radius 2 is 1.94 bits per heavy atom. The van der Waals surface area contributed by atoms with E-state index in [0.717, 1.165) is 0 Å². The molecule has 0 heterocycles. The van der Waals surface area contributed by atoms with E-state index in [1.54, 1.807) is 17.0 Å². The summed E-state index contributed by atoms with van der Waals surface area (Å²) in [5.41, 5.74) is 0.711. The van der Waals surface area contributed by atoms with E-state index in [9.17, 15) is 9.18 Å². The molecule has 0 atom stereocenters. The summed E-state index contributed by atoms with van der Waals surface area (Å²) in [4.78, 5) is 13.5. The van der Waals surface area contributed by atoms with Crippen LogP contribution in [0.4, 0.5) is 10.1 Å². The average Bonchev–Trinajstić information content (AvgIpc) is 2.33. The quantitative estimate of drug-likeness (QED) is 0.774. The molecular formula is C13H18FNO2. The third-order valence-corrected chi connectivity index (χ3v) is 2.55. The van der Waals surface area contributed by atoms with E-state index < -0.39 is 0 Å². The summed E-state index contributed by atoms with van der Waals surface area (Å²) >= 11 is 0. The number of amides is 1. The Morgan fingerprint density at radius 3 is 2.47 bits per heavy atom. The van der Waals surface area contributed by atoms with E-state index in [4.69, 9.17) is 5.11 Å². The summed E-state index contributed by atoms with van der Waals surface area (Å²) in [7, 11) is 0. The minimum Gasteiger partial charge on any atom is -0.396 e. The molecule has 0 fully saturated rings. The van der Waals surface area contributed by atoms with Crippen LogP contribution in [-0.2, 0) is 4.79 Å². The molecule has 0 saturated heterocycles. The van der Waals surface area contributed by atoms with Crippen LogP contribution in [0.25, 0.3) is 0 Å². The van der Waals surface area contributed by atoms with Crippen molar-refractivity contribution in [2.45, 2.75) is 26.2 Å². The first-order valence-electron chi connectivity index (χ1n) is 5.85. The monoisotopic (exact) mass is 239 g/mol. The van der Waals surface area contributed by atoms with Crippen LogP contribution in [0, 0.1) is 5.82 Å². The highest BCUT2D eigenvalue weighted by Gasteiger charge is 2.13. The second-order valence-electron chi connectivity index (χ2n) is 3.80. The Morgan fingerprint density at radius 1 is 1.29 bits per heavy atom. The van der Waals surface area contributed by atoms with Gasteiger partial charge in [0.2, 0.25) is 5.91 Å².